The Morgan fingerprint density at radius 1 is 0.818 bits per heavy atom. The molecule has 10 heteroatoms. The molecule has 6 rings (SSSR count). The van der Waals surface area contributed by atoms with Crippen molar-refractivity contribution in [3.63, 3.8) is 0 Å². The lowest BCUT2D eigenvalue weighted by molar-refractivity contribution is 0.102. The summed E-state index contributed by atoms with van der Waals surface area (Å²) in [6.45, 7) is 2.84. The summed E-state index contributed by atoms with van der Waals surface area (Å²) in [6.07, 6.45) is 0. The van der Waals surface area contributed by atoms with E-state index >= 15 is 8.78 Å². The highest BCUT2D eigenvalue weighted by molar-refractivity contribution is 7.89. The Morgan fingerprint density at radius 2 is 1.55 bits per heavy atom. The fourth-order valence-electron chi connectivity index (χ4n) is 5.41. The zero-order valence-corrected chi connectivity index (χ0v) is 24.5. The van der Waals surface area contributed by atoms with E-state index in [1.54, 1.807) is 54.6 Å². The molecule has 0 saturated carbocycles. The fourth-order valence-corrected chi connectivity index (χ4v) is 6.49. The van der Waals surface area contributed by atoms with E-state index in [4.69, 9.17) is 0 Å². The molecule has 1 aliphatic rings. The number of carbonyl (C=O) groups is 1. The highest BCUT2D eigenvalue weighted by atomic mass is 32.2. The van der Waals surface area contributed by atoms with Crippen LogP contribution < -0.4 is 20.3 Å². The number of anilines is 2. The number of rotatable bonds is 8. The van der Waals surface area contributed by atoms with Gasteiger partial charge in [0.05, 0.1) is 11.4 Å². The van der Waals surface area contributed by atoms with Crippen molar-refractivity contribution in [1.29, 1.82) is 0 Å². The first-order valence-electron chi connectivity index (χ1n) is 14.2. The third kappa shape index (κ3) is 6.19. The van der Waals surface area contributed by atoms with Gasteiger partial charge >= 0.3 is 0 Å². The van der Waals surface area contributed by atoms with E-state index in [2.05, 4.69) is 20.3 Å². The smallest absolute Gasteiger partial charge is 0.256 e. The second kappa shape index (κ2) is 12.5. The first-order chi connectivity index (χ1) is 21.3. The predicted molar refractivity (Wildman–Crippen MR) is 169 cm³/mol. The number of hydrogen-bond acceptors (Lipinski definition) is 5. The Hall–Kier alpha value is -4.64. The standard InChI is InChI=1S/C34H30F2N4O3S/c35-29-21-33(44(42,43)38-22-23-7-2-1-3-8-23)30(36)20-28(29)25-13-14-32(40-17-15-37-16-18-40)31(19-25)39-34(41)27-12-6-10-24-9-4-5-11-26(24)27/h1-14,19-21,37-38H,15-18,22H2,(H,39,41). The monoisotopic (exact) mass is 612 g/mol. The van der Waals surface area contributed by atoms with Crippen molar-refractivity contribution in [2.75, 3.05) is 36.4 Å². The molecule has 44 heavy (non-hydrogen) atoms. The third-order valence-corrected chi connectivity index (χ3v) is 9.08. The van der Waals surface area contributed by atoms with Crippen LogP contribution in [0.15, 0.2) is 108 Å². The van der Waals surface area contributed by atoms with E-state index in [1.807, 2.05) is 36.4 Å². The van der Waals surface area contributed by atoms with Crippen molar-refractivity contribution >= 4 is 38.1 Å². The number of nitrogens with zero attached hydrogens (tertiary/aromatic N) is 1. The summed E-state index contributed by atoms with van der Waals surface area (Å²) in [7, 11) is -4.34. The Morgan fingerprint density at radius 3 is 2.34 bits per heavy atom. The molecule has 1 saturated heterocycles. The summed E-state index contributed by atoms with van der Waals surface area (Å²) < 4.78 is 58.9. The van der Waals surface area contributed by atoms with Crippen LogP contribution in [0.5, 0.6) is 0 Å². The topological polar surface area (TPSA) is 90.5 Å². The number of carbonyl (C=O) groups excluding carboxylic acids is 1. The van der Waals surface area contributed by atoms with Gasteiger partial charge in [-0.15, -0.1) is 0 Å². The molecule has 0 bridgehead atoms. The van der Waals surface area contributed by atoms with Crippen LogP contribution in [0.1, 0.15) is 15.9 Å². The van der Waals surface area contributed by atoms with E-state index in [0.717, 1.165) is 35.6 Å². The van der Waals surface area contributed by atoms with E-state index < -0.39 is 26.6 Å². The molecule has 224 valence electrons. The van der Waals surface area contributed by atoms with Gasteiger partial charge in [-0.3, -0.25) is 4.79 Å². The zero-order chi connectivity index (χ0) is 30.7. The molecule has 5 aromatic carbocycles. The van der Waals surface area contributed by atoms with Gasteiger partial charge < -0.3 is 15.5 Å². The molecule has 0 radical (unpaired) electrons. The molecular weight excluding hydrogens is 582 g/mol. The van der Waals surface area contributed by atoms with E-state index in [1.165, 1.54) is 0 Å². The van der Waals surface area contributed by atoms with Crippen molar-refractivity contribution < 1.29 is 22.0 Å². The number of amides is 1. The Labute approximate surface area is 254 Å². The molecule has 5 aromatic rings. The third-order valence-electron chi connectivity index (χ3n) is 7.67. The Kier molecular flexibility index (Phi) is 8.38. The largest absolute Gasteiger partial charge is 0.367 e. The SMILES string of the molecule is O=C(Nc1cc(-c2cc(F)c(S(=O)(=O)NCc3ccccc3)cc2F)ccc1N1CCNCC1)c1cccc2ccccc12. The van der Waals surface area contributed by atoms with Gasteiger partial charge in [-0.25, -0.2) is 21.9 Å². The molecule has 3 N–H and O–H groups in total. The molecule has 0 aromatic heterocycles. The lowest BCUT2D eigenvalue weighted by Gasteiger charge is -2.31. The summed E-state index contributed by atoms with van der Waals surface area (Å²) in [5, 5.41) is 8.02. The van der Waals surface area contributed by atoms with Gasteiger partial charge in [-0.1, -0.05) is 72.8 Å². The van der Waals surface area contributed by atoms with Crippen molar-refractivity contribution in [1.82, 2.24) is 10.0 Å². The molecule has 0 atom stereocenters. The maximum absolute atomic E-state index is 15.5. The molecule has 0 unspecified atom stereocenters. The van der Waals surface area contributed by atoms with Crippen LogP contribution in [-0.4, -0.2) is 40.5 Å². The number of halogens is 2. The van der Waals surface area contributed by atoms with Gasteiger partial charge in [0.15, 0.2) is 0 Å². The zero-order valence-electron chi connectivity index (χ0n) is 23.7. The van der Waals surface area contributed by atoms with Crippen molar-refractivity contribution in [3.8, 4) is 11.1 Å². The van der Waals surface area contributed by atoms with Crippen molar-refractivity contribution in [2.24, 2.45) is 0 Å². The van der Waals surface area contributed by atoms with E-state index in [0.29, 0.717) is 36.0 Å². The number of piperazine rings is 1. The van der Waals surface area contributed by atoms with Crippen LogP contribution in [0, 0.1) is 11.6 Å². The predicted octanol–water partition coefficient (Wildman–Crippen LogP) is 5.93. The summed E-state index contributed by atoms with van der Waals surface area (Å²) >= 11 is 0. The van der Waals surface area contributed by atoms with Crippen LogP contribution in [0.4, 0.5) is 20.2 Å². The summed E-state index contributed by atoms with van der Waals surface area (Å²) in [4.78, 5) is 14.9. The molecular formula is C34H30F2N4O3S. The maximum Gasteiger partial charge on any atom is 0.256 e. The minimum atomic E-state index is -4.34. The summed E-state index contributed by atoms with van der Waals surface area (Å²) in [6, 6.07) is 28.4. The van der Waals surface area contributed by atoms with Crippen LogP contribution in [-0.2, 0) is 16.6 Å². The number of nitrogens with one attached hydrogen (secondary N) is 3. The second-order valence-electron chi connectivity index (χ2n) is 10.5. The fraction of sp³-hybridized carbons (Fsp3) is 0.147. The number of benzene rings is 5. The average molecular weight is 613 g/mol. The minimum Gasteiger partial charge on any atom is -0.367 e. The van der Waals surface area contributed by atoms with Gasteiger partial charge in [0.25, 0.3) is 5.91 Å². The van der Waals surface area contributed by atoms with Crippen LogP contribution >= 0.6 is 0 Å². The quantitative estimate of drug-likeness (QED) is 0.202. The van der Waals surface area contributed by atoms with E-state index in [9.17, 15) is 13.2 Å². The molecule has 1 aliphatic heterocycles. The second-order valence-corrected chi connectivity index (χ2v) is 12.3. The lowest BCUT2D eigenvalue weighted by Crippen LogP contribution is -2.43. The van der Waals surface area contributed by atoms with E-state index in [-0.39, 0.29) is 23.6 Å². The lowest BCUT2D eigenvalue weighted by atomic mass is 10.0. The first kappa shape index (κ1) is 29.4. The normalized spacial score (nSPS) is 13.6. The van der Waals surface area contributed by atoms with Gasteiger partial charge in [-0.2, -0.15) is 0 Å². The Balaban J connectivity index is 1.34. The summed E-state index contributed by atoms with van der Waals surface area (Å²) in [5.74, 6) is -2.34. The van der Waals surface area contributed by atoms with Crippen LogP contribution in [0.2, 0.25) is 0 Å². The van der Waals surface area contributed by atoms with Crippen molar-refractivity contribution in [3.05, 3.63) is 126 Å². The van der Waals surface area contributed by atoms with Gasteiger partial charge in [0, 0.05) is 43.9 Å². The molecule has 1 heterocycles. The van der Waals surface area contributed by atoms with Crippen molar-refractivity contribution in [2.45, 2.75) is 11.4 Å². The highest BCUT2D eigenvalue weighted by Crippen LogP contribution is 2.35. The highest BCUT2D eigenvalue weighted by Gasteiger charge is 2.24. The van der Waals surface area contributed by atoms with Gasteiger partial charge in [0.1, 0.15) is 16.5 Å². The molecule has 7 nitrogen and oxygen atoms in total. The minimum absolute atomic E-state index is 0.0702. The van der Waals surface area contributed by atoms with Crippen LogP contribution in [0.3, 0.4) is 0 Å². The molecule has 1 fully saturated rings. The number of fused-ring (bicyclic) bond motifs is 1. The molecule has 1 amide bonds. The van der Waals surface area contributed by atoms with Gasteiger partial charge in [0.2, 0.25) is 10.0 Å². The maximum atomic E-state index is 15.5. The molecule has 0 aliphatic carbocycles. The number of hydrogen-bond donors (Lipinski definition) is 3. The van der Waals surface area contributed by atoms with Crippen LogP contribution in [0.25, 0.3) is 21.9 Å². The molecule has 0 spiro atoms. The average Bonchev–Trinajstić information content (AvgIpc) is 3.05. The van der Waals surface area contributed by atoms with Gasteiger partial charge in [-0.05, 0) is 52.2 Å². The number of sulfonamides is 1. The summed E-state index contributed by atoms with van der Waals surface area (Å²) in [5.41, 5.74) is 2.50. The first-order valence-corrected chi connectivity index (χ1v) is 15.7. The Bertz CT molecular complexity index is 1940.